The Labute approximate surface area is 118 Å². The third-order valence-corrected chi connectivity index (χ3v) is 4.47. The van der Waals surface area contributed by atoms with Crippen molar-refractivity contribution in [2.24, 2.45) is 0 Å². The molecule has 1 aromatic carbocycles. The first kappa shape index (κ1) is 13.5. The van der Waals surface area contributed by atoms with Crippen LogP contribution >= 0.6 is 15.9 Å². The van der Waals surface area contributed by atoms with Gasteiger partial charge in [0.05, 0.1) is 11.9 Å². The summed E-state index contributed by atoms with van der Waals surface area (Å²) in [5.41, 5.74) is 2.58. The Morgan fingerprint density at radius 3 is 2.78 bits per heavy atom. The maximum absolute atomic E-state index is 5.16. The molecule has 0 N–H and O–H groups in total. The molecule has 0 amide bonds. The fourth-order valence-corrected chi connectivity index (χ4v) is 2.89. The molecule has 1 saturated heterocycles. The number of hydrogen-bond donors (Lipinski definition) is 0. The van der Waals surface area contributed by atoms with Crippen LogP contribution in [0.1, 0.15) is 18.4 Å². The van der Waals surface area contributed by atoms with E-state index in [1.54, 1.807) is 7.11 Å². The van der Waals surface area contributed by atoms with Crippen LogP contribution < -0.4 is 4.74 Å². The summed E-state index contributed by atoms with van der Waals surface area (Å²) in [7, 11) is 1.70. The van der Waals surface area contributed by atoms with Crippen LogP contribution in [-0.2, 0) is 6.42 Å². The van der Waals surface area contributed by atoms with Gasteiger partial charge in [0, 0.05) is 18.8 Å². The molecule has 1 atom stereocenters. The number of alkyl halides is 1. The van der Waals surface area contributed by atoms with Crippen LogP contribution in [-0.4, -0.2) is 29.9 Å². The topological polar surface area (TPSA) is 12.5 Å². The second kappa shape index (κ2) is 6.28. The van der Waals surface area contributed by atoms with E-state index in [9.17, 15) is 0 Å². The Balaban J connectivity index is 1.88. The summed E-state index contributed by atoms with van der Waals surface area (Å²) in [5.74, 6) is 0.918. The molecule has 0 aromatic heterocycles. The fraction of sp³-hybridized carbons (Fsp3) is 0.467. The van der Waals surface area contributed by atoms with E-state index in [0.717, 1.165) is 25.3 Å². The predicted octanol–water partition coefficient (Wildman–Crippen LogP) is 3.61. The number of ether oxygens (including phenoxy) is 1. The van der Waals surface area contributed by atoms with Crippen LogP contribution in [0.4, 0.5) is 0 Å². The molecule has 0 radical (unpaired) electrons. The zero-order chi connectivity index (χ0) is 13.0. The molecule has 0 aliphatic carbocycles. The molecule has 0 bridgehead atoms. The van der Waals surface area contributed by atoms with Crippen molar-refractivity contribution in [2.45, 2.75) is 24.1 Å². The third kappa shape index (κ3) is 3.29. The summed E-state index contributed by atoms with van der Waals surface area (Å²) in [6.07, 6.45) is 3.51. The van der Waals surface area contributed by atoms with Gasteiger partial charge in [-0.25, -0.2) is 0 Å². The molecule has 0 spiro atoms. The van der Waals surface area contributed by atoms with Gasteiger partial charge in [0.2, 0.25) is 0 Å². The van der Waals surface area contributed by atoms with Gasteiger partial charge >= 0.3 is 0 Å². The molecule has 1 aliphatic rings. The highest BCUT2D eigenvalue weighted by Gasteiger charge is 2.20. The Morgan fingerprint density at radius 2 is 2.11 bits per heavy atom. The molecule has 1 aliphatic heterocycles. The number of methoxy groups -OCH3 is 1. The zero-order valence-corrected chi connectivity index (χ0v) is 12.4. The molecule has 1 aromatic rings. The normalized spacial score (nSPS) is 20.0. The number of piperidine rings is 1. The minimum absolute atomic E-state index is 0.460. The first-order valence-corrected chi connectivity index (χ1v) is 7.33. The molecule has 3 heteroatoms. The molecule has 0 saturated carbocycles. The summed E-state index contributed by atoms with van der Waals surface area (Å²) in [6.45, 7) is 6.36. The first-order chi connectivity index (χ1) is 8.70. The van der Waals surface area contributed by atoms with E-state index in [2.05, 4.69) is 39.5 Å². The van der Waals surface area contributed by atoms with E-state index >= 15 is 0 Å². The highest BCUT2D eigenvalue weighted by atomic mass is 79.9. The average Bonchev–Trinajstić information content (AvgIpc) is 2.41. The minimum Gasteiger partial charge on any atom is -0.497 e. The average molecular weight is 310 g/mol. The van der Waals surface area contributed by atoms with Crippen molar-refractivity contribution in [3.63, 3.8) is 0 Å². The molecule has 2 nitrogen and oxygen atoms in total. The lowest BCUT2D eigenvalue weighted by atomic mass is 10.1. The lowest BCUT2D eigenvalue weighted by Gasteiger charge is -2.34. The summed E-state index contributed by atoms with van der Waals surface area (Å²) in [5, 5.41) is 0. The largest absolute Gasteiger partial charge is 0.497 e. The number of halogens is 1. The van der Waals surface area contributed by atoms with E-state index in [4.69, 9.17) is 4.74 Å². The van der Waals surface area contributed by atoms with Gasteiger partial charge in [0.15, 0.2) is 0 Å². The number of allylic oxidation sites excluding steroid dienone is 1. The van der Waals surface area contributed by atoms with Crippen molar-refractivity contribution >= 4 is 15.9 Å². The smallest absolute Gasteiger partial charge is 0.118 e. The number of nitrogens with zero attached hydrogens (tertiary/aromatic N) is 1. The summed E-state index contributed by atoms with van der Waals surface area (Å²) in [4.78, 5) is 2.86. The Bertz CT molecular complexity index is 401. The molecule has 1 heterocycles. The highest BCUT2D eigenvalue weighted by Crippen LogP contribution is 2.25. The summed E-state index contributed by atoms with van der Waals surface area (Å²) in [6, 6.07) is 8.32. The van der Waals surface area contributed by atoms with Crippen LogP contribution in [0.5, 0.6) is 5.75 Å². The Morgan fingerprint density at radius 1 is 1.39 bits per heavy atom. The molecule has 1 fully saturated rings. The SMILES string of the molecule is C=C1C(Br)CCCN1CCc1ccc(OC)cc1. The van der Waals surface area contributed by atoms with Gasteiger partial charge in [-0.2, -0.15) is 0 Å². The molecule has 2 rings (SSSR count). The number of benzene rings is 1. The van der Waals surface area contributed by atoms with E-state index in [0.29, 0.717) is 4.83 Å². The van der Waals surface area contributed by atoms with Crippen molar-refractivity contribution in [3.05, 3.63) is 42.1 Å². The van der Waals surface area contributed by atoms with Crippen LogP contribution in [0.3, 0.4) is 0 Å². The van der Waals surface area contributed by atoms with Gasteiger partial charge in [-0.3, -0.25) is 0 Å². The monoisotopic (exact) mass is 309 g/mol. The summed E-state index contributed by atoms with van der Waals surface area (Å²) < 4.78 is 5.16. The van der Waals surface area contributed by atoms with E-state index < -0.39 is 0 Å². The highest BCUT2D eigenvalue weighted by molar-refractivity contribution is 9.09. The van der Waals surface area contributed by atoms with Gasteiger partial charge in [0.1, 0.15) is 5.75 Å². The van der Waals surface area contributed by atoms with Gasteiger partial charge in [-0.15, -0.1) is 0 Å². The Kier molecular flexibility index (Phi) is 4.70. The lowest BCUT2D eigenvalue weighted by Crippen LogP contribution is -2.34. The molecular weight excluding hydrogens is 290 g/mol. The van der Waals surface area contributed by atoms with Crippen molar-refractivity contribution in [1.82, 2.24) is 4.90 Å². The van der Waals surface area contributed by atoms with Crippen LogP contribution in [0.15, 0.2) is 36.5 Å². The molecular formula is C15H20BrNO. The van der Waals surface area contributed by atoms with Gasteiger partial charge in [0.25, 0.3) is 0 Å². The van der Waals surface area contributed by atoms with Crippen molar-refractivity contribution in [1.29, 1.82) is 0 Å². The van der Waals surface area contributed by atoms with Crippen LogP contribution in [0.25, 0.3) is 0 Å². The van der Waals surface area contributed by atoms with E-state index in [1.807, 2.05) is 12.1 Å². The number of rotatable bonds is 4. The quantitative estimate of drug-likeness (QED) is 0.788. The second-order valence-electron chi connectivity index (χ2n) is 4.69. The summed E-state index contributed by atoms with van der Waals surface area (Å²) >= 11 is 3.68. The van der Waals surface area contributed by atoms with Crippen molar-refractivity contribution in [3.8, 4) is 5.75 Å². The number of hydrogen-bond acceptors (Lipinski definition) is 2. The van der Waals surface area contributed by atoms with Gasteiger partial charge < -0.3 is 9.64 Å². The van der Waals surface area contributed by atoms with Gasteiger partial charge in [-0.05, 0) is 37.0 Å². The minimum atomic E-state index is 0.460. The maximum atomic E-state index is 5.16. The second-order valence-corrected chi connectivity index (χ2v) is 5.79. The van der Waals surface area contributed by atoms with E-state index in [-0.39, 0.29) is 0 Å². The van der Waals surface area contributed by atoms with E-state index in [1.165, 1.54) is 24.1 Å². The maximum Gasteiger partial charge on any atom is 0.118 e. The van der Waals surface area contributed by atoms with Gasteiger partial charge in [-0.1, -0.05) is 34.6 Å². The predicted molar refractivity (Wildman–Crippen MR) is 79.4 cm³/mol. The molecule has 18 heavy (non-hydrogen) atoms. The third-order valence-electron chi connectivity index (χ3n) is 3.48. The van der Waals surface area contributed by atoms with Crippen LogP contribution in [0.2, 0.25) is 0 Å². The Hall–Kier alpha value is -0.960. The lowest BCUT2D eigenvalue weighted by molar-refractivity contribution is 0.300. The molecule has 98 valence electrons. The number of likely N-dealkylation sites (tertiary alicyclic amines) is 1. The first-order valence-electron chi connectivity index (χ1n) is 6.41. The standard InChI is InChI=1S/C15H20BrNO/c1-12-15(16)4-3-10-17(12)11-9-13-5-7-14(18-2)8-6-13/h5-8,15H,1,3-4,9-11H2,2H3. The van der Waals surface area contributed by atoms with Crippen molar-refractivity contribution in [2.75, 3.05) is 20.2 Å². The zero-order valence-electron chi connectivity index (χ0n) is 10.9. The fourth-order valence-electron chi connectivity index (χ4n) is 2.28. The molecule has 1 unspecified atom stereocenters. The van der Waals surface area contributed by atoms with Crippen molar-refractivity contribution < 1.29 is 4.74 Å². The van der Waals surface area contributed by atoms with Crippen LogP contribution in [0, 0.1) is 0 Å².